The number of rotatable bonds is 8. The van der Waals surface area contributed by atoms with Gasteiger partial charge in [0.1, 0.15) is 6.61 Å². The lowest BCUT2D eigenvalue weighted by molar-refractivity contribution is 0.336. The van der Waals surface area contributed by atoms with Crippen molar-refractivity contribution >= 4 is 0 Å². The Labute approximate surface area is 177 Å². The van der Waals surface area contributed by atoms with E-state index >= 15 is 0 Å². The first-order valence-corrected chi connectivity index (χ1v) is 10.1. The summed E-state index contributed by atoms with van der Waals surface area (Å²) in [6.45, 7) is 5.64. The Hall–Kier alpha value is -3.45. The van der Waals surface area contributed by atoms with E-state index in [-0.39, 0.29) is 0 Å². The van der Waals surface area contributed by atoms with E-state index in [1.54, 1.807) is 25.4 Å². The minimum absolute atomic E-state index is 0.431. The lowest BCUT2D eigenvalue weighted by atomic mass is 10.0. The Morgan fingerprint density at radius 3 is 2.20 bits per heavy atom. The maximum atomic E-state index is 12.8. The molecule has 1 aromatic heterocycles. The van der Waals surface area contributed by atoms with Gasteiger partial charge in [0.05, 0.1) is 18.6 Å². The van der Waals surface area contributed by atoms with E-state index in [0.717, 1.165) is 35.1 Å². The summed E-state index contributed by atoms with van der Waals surface area (Å²) < 4.78 is 18.2. The van der Waals surface area contributed by atoms with Gasteiger partial charge in [0.15, 0.2) is 11.6 Å². The lowest BCUT2D eigenvalue weighted by Crippen LogP contribution is -1.95. The fourth-order valence-corrected chi connectivity index (χ4v) is 2.89. The Bertz CT molecular complexity index is 998. The summed E-state index contributed by atoms with van der Waals surface area (Å²) in [6.07, 6.45) is 6.35. The maximum absolute atomic E-state index is 12.8. The molecular formula is C26H25FN2O. The lowest BCUT2D eigenvalue weighted by Gasteiger charge is -2.06. The molecular weight excluding hydrogens is 375 g/mol. The third-order valence-corrected chi connectivity index (χ3v) is 4.49. The van der Waals surface area contributed by atoms with Gasteiger partial charge in [0.2, 0.25) is 0 Å². The number of hydrogen-bond donors (Lipinski definition) is 0. The van der Waals surface area contributed by atoms with Crippen molar-refractivity contribution in [3.05, 3.63) is 79.1 Å². The Balaban J connectivity index is 1.62. The highest BCUT2D eigenvalue weighted by atomic mass is 19.1. The fourth-order valence-electron chi connectivity index (χ4n) is 2.89. The van der Waals surface area contributed by atoms with Crippen molar-refractivity contribution in [3.8, 4) is 40.1 Å². The van der Waals surface area contributed by atoms with Crippen molar-refractivity contribution in [2.45, 2.75) is 32.4 Å². The van der Waals surface area contributed by atoms with Crippen LogP contribution in [0.15, 0.2) is 73.6 Å². The second-order valence-electron chi connectivity index (χ2n) is 6.97. The summed E-state index contributed by atoms with van der Waals surface area (Å²) in [4.78, 5) is 8.72. The minimum Gasteiger partial charge on any atom is -0.486 e. The summed E-state index contributed by atoms with van der Waals surface area (Å²) in [6, 6.07) is 16.3. The summed E-state index contributed by atoms with van der Waals surface area (Å²) in [5.41, 5.74) is 4.14. The molecule has 0 saturated carbocycles. The molecule has 152 valence electrons. The van der Waals surface area contributed by atoms with Crippen LogP contribution in [0.4, 0.5) is 4.39 Å². The summed E-state index contributed by atoms with van der Waals surface area (Å²) in [5.74, 6) is 7.53. The molecule has 0 aliphatic carbocycles. The van der Waals surface area contributed by atoms with Gasteiger partial charge in [0.25, 0.3) is 0 Å². The van der Waals surface area contributed by atoms with Crippen LogP contribution in [-0.2, 0) is 0 Å². The second kappa shape index (κ2) is 10.9. The smallest absolute Gasteiger partial charge is 0.159 e. The van der Waals surface area contributed by atoms with Gasteiger partial charge in [0, 0.05) is 17.5 Å². The molecule has 0 radical (unpaired) electrons. The van der Waals surface area contributed by atoms with Crippen LogP contribution in [0.5, 0.6) is 5.75 Å². The molecule has 0 bridgehead atoms. The average Bonchev–Trinajstić information content (AvgIpc) is 2.78. The zero-order valence-electron chi connectivity index (χ0n) is 17.1. The van der Waals surface area contributed by atoms with Gasteiger partial charge in [-0.15, -0.1) is 0 Å². The van der Waals surface area contributed by atoms with E-state index in [9.17, 15) is 4.39 Å². The fraction of sp³-hybridized carbons (Fsp3) is 0.231. The SMILES string of the molecule is C=CCOc1cnc(-c2ccc(-c3ccc(C#CCCCC(C)F)cc3)cc2)nc1. The van der Waals surface area contributed by atoms with Gasteiger partial charge in [-0.2, -0.15) is 0 Å². The number of nitrogens with zero attached hydrogens (tertiary/aromatic N) is 2. The monoisotopic (exact) mass is 400 g/mol. The van der Waals surface area contributed by atoms with E-state index in [4.69, 9.17) is 4.74 Å². The van der Waals surface area contributed by atoms with Crippen molar-refractivity contribution < 1.29 is 9.13 Å². The minimum atomic E-state index is -0.750. The van der Waals surface area contributed by atoms with Crippen molar-refractivity contribution in [3.63, 3.8) is 0 Å². The van der Waals surface area contributed by atoms with E-state index in [1.165, 1.54) is 0 Å². The van der Waals surface area contributed by atoms with E-state index in [2.05, 4.69) is 52.7 Å². The van der Waals surface area contributed by atoms with E-state index < -0.39 is 6.17 Å². The first kappa shape index (κ1) is 21.3. The molecule has 30 heavy (non-hydrogen) atoms. The van der Waals surface area contributed by atoms with Crippen LogP contribution < -0.4 is 4.74 Å². The molecule has 0 saturated heterocycles. The van der Waals surface area contributed by atoms with Crippen molar-refractivity contribution in [2.24, 2.45) is 0 Å². The standard InChI is InChI=1S/C26H25FN2O/c1-3-17-30-25-18-28-26(29-19-25)24-15-13-23(14-16-24)22-11-9-21(10-12-22)8-6-4-5-7-20(2)27/h3,9-16,18-20H,1,4-5,7,17H2,2H3. The number of benzene rings is 2. The molecule has 0 spiro atoms. The average molecular weight is 400 g/mol. The number of ether oxygens (including phenoxy) is 1. The van der Waals surface area contributed by atoms with Gasteiger partial charge < -0.3 is 4.74 Å². The Kier molecular flexibility index (Phi) is 7.74. The van der Waals surface area contributed by atoms with Crippen molar-refractivity contribution in [1.29, 1.82) is 0 Å². The third kappa shape index (κ3) is 6.28. The van der Waals surface area contributed by atoms with Gasteiger partial charge in [-0.05, 0) is 43.0 Å². The van der Waals surface area contributed by atoms with Crippen LogP contribution in [-0.4, -0.2) is 22.7 Å². The maximum Gasteiger partial charge on any atom is 0.159 e. The van der Waals surface area contributed by atoms with E-state index in [0.29, 0.717) is 24.6 Å². The van der Waals surface area contributed by atoms with Crippen molar-refractivity contribution in [2.75, 3.05) is 6.61 Å². The second-order valence-corrected chi connectivity index (χ2v) is 6.97. The number of halogens is 1. The molecule has 1 heterocycles. The highest BCUT2D eigenvalue weighted by Crippen LogP contribution is 2.24. The summed E-state index contributed by atoms with van der Waals surface area (Å²) >= 11 is 0. The zero-order valence-corrected chi connectivity index (χ0v) is 17.1. The van der Waals surface area contributed by atoms with Gasteiger partial charge >= 0.3 is 0 Å². The predicted octanol–water partition coefficient (Wildman–Crippen LogP) is 6.26. The molecule has 0 fully saturated rings. The molecule has 1 unspecified atom stereocenters. The zero-order chi connectivity index (χ0) is 21.2. The molecule has 0 N–H and O–H groups in total. The first-order valence-electron chi connectivity index (χ1n) is 10.1. The summed E-state index contributed by atoms with van der Waals surface area (Å²) in [7, 11) is 0. The molecule has 3 nitrogen and oxygen atoms in total. The largest absolute Gasteiger partial charge is 0.486 e. The number of hydrogen-bond acceptors (Lipinski definition) is 3. The Morgan fingerprint density at radius 1 is 1.00 bits per heavy atom. The molecule has 2 aromatic carbocycles. The quantitative estimate of drug-likeness (QED) is 0.254. The number of unbranched alkanes of at least 4 members (excludes halogenated alkanes) is 1. The van der Waals surface area contributed by atoms with Crippen molar-refractivity contribution in [1.82, 2.24) is 9.97 Å². The van der Waals surface area contributed by atoms with Crippen LogP contribution in [0, 0.1) is 11.8 Å². The molecule has 0 aliphatic rings. The highest BCUT2D eigenvalue weighted by molar-refractivity contribution is 5.68. The third-order valence-electron chi connectivity index (χ3n) is 4.49. The molecule has 0 amide bonds. The Morgan fingerprint density at radius 2 is 1.60 bits per heavy atom. The van der Waals surface area contributed by atoms with Crippen LogP contribution in [0.1, 0.15) is 31.7 Å². The van der Waals surface area contributed by atoms with Crippen LogP contribution in [0.3, 0.4) is 0 Å². The molecule has 0 aliphatic heterocycles. The van der Waals surface area contributed by atoms with Gasteiger partial charge in [-0.3, -0.25) is 0 Å². The van der Waals surface area contributed by atoms with E-state index in [1.807, 2.05) is 24.3 Å². The molecule has 3 rings (SSSR count). The van der Waals surface area contributed by atoms with Crippen LogP contribution in [0.2, 0.25) is 0 Å². The van der Waals surface area contributed by atoms with Gasteiger partial charge in [-0.25, -0.2) is 14.4 Å². The van der Waals surface area contributed by atoms with Crippen LogP contribution >= 0.6 is 0 Å². The predicted molar refractivity (Wildman–Crippen MR) is 120 cm³/mol. The van der Waals surface area contributed by atoms with Crippen LogP contribution in [0.25, 0.3) is 22.5 Å². The molecule has 4 heteroatoms. The molecule has 3 aromatic rings. The number of alkyl halides is 1. The van der Waals surface area contributed by atoms with Gasteiger partial charge in [-0.1, -0.05) is 60.9 Å². The molecule has 1 atom stereocenters. The normalized spacial score (nSPS) is 11.3. The number of aromatic nitrogens is 2. The highest BCUT2D eigenvalue weighted by Gasteiger charge is 2.04. The topological polar surface area (TPSA) is 35.0 Å². The first-order chi connectivity index (χ1) is 14.7. The summed E-state index contributed by atoms with van der Waals surface area (Å²) in [5, 5.41) is 0.